The molecule has 0 aliphatic heterocycles. The lowest BCUT2D eigenvalue weighted by Crippen LogP contribution is -2.20. The van der Waals surface area contributed by atoms with Gasteiger partial charge in [-0.15, -0.1) is 11.3 Å². The van der Waals surface area contributed by atoms with E-state index in [1.54, 1.807) is 44.4 Å². The quantitative estimate of drug-likeness (QED) is 0.705. The number of aliphatic hydroxyl groups is 1. The van der Waals surface area contributed by atoms with Gasteiger partial charge < -0.3 is 5.11 Å². The molecule has 0 spiro atoms. The molecule has 1 aromatic heterocycles. The third-order valence-corrected chi connectivity index (χ3v) is 16.7. The lowest BCUT2D eigenvalue weighted by atomic mass is 9.93. The van der Waals surface area contributed by atoms with Crippen molar-refractivity contribution in [2.24, 2.45) is 0 Å². The summed E-state index contributed by atoms with van der Waals surface area (Å²) in [6.45, 7) is 4.15. The van der Waals surface area contributed by atoms with E-state index in [0.717, 1.165) is 9.21 Å². The Balaban J connectivity index is 0.000000370. The van der Waals surface area contributed by atoms with Gasteiger partial charge in [-0.3, -0.25) is 0 Å². The highest BCUT2D eigenvalue weighted by Crippen LogP contribution is 2.31. The van der Waals surface area contributed by atoms with Crippen LogP contribution in [0.1, 0.15) is 18.7 Å². The Hall–Kier alpha value is 1.93. The van der Waals surface area contributed by atoms with Crippen molar-refractivity contribution in [3.8, 4) is 0 Å². The summed E-state index contributed by atoms with van der Waals surface area (Å²) in [5, 5.41) is 9.02. The SMILES string of the molecule is CC(C)(CO)c1ccc(Cl)s1.S=S=S=S=S=S=S=S=S. The molecule has 1 aromatic rings. The van der Waals surface area contributed by atoms with Crippen molar-refractivity contribution >= 4 is 107 Å². The van der Waals surface area contributed by atoms with E-state index in [-0.39, 0.29) is 12.0 Å². The summed E-state index contributed by atoms with van der Waals surface area (Å²) in [7, 11) is 10.9. The van der Waals surface area contributed by atoms with Crippen LogP contribution in [0.15, 0.2) is 12.1 Å². The summed E-state index contributed by atoms with van der Waals surface area (Å²) in [5.41, 5.74) is -0.155. The first kappa shape index (κ1) is 21.9. The zero-order valence-electron chi connectivity index (χ0n) is 10.3. The number of halogens is 1. The van der Waals surface area contributed by atoms with Crippen LogP contribution in [-0.2, 0) is 90.0 Å². The first-order valence-electron chi connectivity index (χ1n) is 4.76. The van der Waals surface area contributed by atoms with Crippen LogP contribution in [0, 0.1) is 0 Å². The Morgan fingerprint density at radius 3 is 1.95 bits per heavy atom. The fourth-order valence-corrected chi connectivity index (χ4v) is 15.7. The second kappa shape index (κ2) is 13.4. The molecular formula is C8H11ClOS10. The molecule has 0 amide bonds. The van der Waals surface area contributed by atoms with Gasteiger partial charge in [0.25, 0.3) is 0 Å². The predicted octanol–water partition coefficient (Wildman–Crippen LogP) is 2.65. The first-order valence-corrected chi connectivity index (χ1v) is 16.6. The van der Waals surface area contributed by atoms with Crippen molar-refractivity contribution in [2.75, 3.05) is 6.61 Å². The number of rotatable bonds is 2. The molecule has 0 aliphatic carbocycles. The molecule has 1 heterocycles. The Kier molecular flexibility index (Phi) is 14.7. The van der Waals surface area contributed by atoms with Crippen LogP contribution in [0.4, 0.5) is 0 Å². The fraction of sp³-hybridized carbons (Fsp3) is 0.500. The summed E-state index contributed by atoms with van der Waals surface area (Å²) in [6, 6.07) is 3.82. The highest BCUT2D eigenvalue weighted by Gasteiger charge is 2.20. The molecule has 0 aromatic carbocycles. The molecule has 1 rings (SSSR count). The monoisotopic (exact) mass is 478 g/mol. The van der Waals surface area contributed by atoms with Crippen molar-refractivity contribution in [3.05, 3.63) is 21.3 Å². The maximum Gasteiger partial charge on any atom is 0.0931 e. The number of hydrogen-bond acceptors (Lipinski definition) is 4. The van der Waals surface area contributed by atoms with Gasteiger partial charge in [-0.2, -0.15) is 0 Å². The van der Waals surface area contributed by atoms with E-state index in [1.165, 1.54) is 29.1 Å². The molecule has 0 atom stereocenters. The highest BCUT2D eigenvalue weighted by molar-refractivity contribution is 8.72. The van der Waals surface area contributed by atoms with Gasteiger partial charge >= 0.3 is 0 Å². The smallest absolute Gasteiger partial charge is 0.0931 e. The Bertz CT molecular complexity index is 663. The number of thiophene rings is 1. The standard InChI is InChI=1S/C8H11ClOS.S9/c1-8(2,5-10)6-3-4-7(9)11-6;1-3-5-7-9-8-6-4-2/h3-4,10H,5H2,1-2H3;. The van der Waals surface area contributed by atoms with Gasteiger partial charge in [0, 0.05) is 94.8 Å². The number of hydrogen-bond donors (Lipinski definition) is 1. The van der Waals surface area contributed by atoms with Crippen LogP contribution in [-0.4, -0.2) is 11.7 Å². The summed E-state index contributed by atoms with van der Waals surface area (Å²) in [4.78, 5) is 1.13. The zero-order chi connectivity index (χ0) is 15.4. The van der Waals surface area contributed by atoms with Crippen LogP contribution in [0.2, 0.25) is 4.34 Å². The normalized spacial score (nSPS) is 9.60. The van der Waals surface area contributed by atoms with Gasteiger partial charge in [-0.05, 0) is 12.1 Å². The van der Waals surface area contributed by atoms with Crippen molar-refractivity contribution in [3.63, 3.8) is 0 Å². The maximum absolute atomic E-state index is 9.02. The Labute approximate surface area is 157 Å². The van der Waals surface area contributed by atoms with Gasteiger partial charge in [-0.25, -0.2) is 0 Å². The van der Waals surface area contributed by atoms with Gasteiger partial charge in [0.15, 0.2) is 0 Å². The average molecular weight is 479 g/mol. The van der Waals surface area contributed by atoms with Gasteiger partial charge in [0.1, 0.15) is 0 Å². The minimum atomic E-state index is -0.155. The molecule has 0 bridgehead atoms. The van der Waals surface area contributed by atoms with E-state index in [4.69, 9.17) is 16.7 Å². The van der Waals surface area contributed by atoms with Crippen molar-refractivity contribution in [2.45, 2.75) is 19.3 Å². The largest absolute Gasteiger partial charge is 0.395 e. The predicted molar refractivity (Wildman–Crippen MR) is 116 cm³/mol. The van der Waals surface area contributed by atoms with E-state index >= 15 is 0 Å². The molecule has 0 aliphatic rings. The molecule has 0 fully saturated rings. The Morgan fingerprint density at radius 1 is 1.10 bits per heavy atom. The van der Waals surface area contributed by atoms with Crippen LogP contribution >= 0.6 is 22.9 Å². The molecule has 116 valence electrons. The van der Waals surface area contributed by atoms with Crippen molar-refractivity contribution < 1.29 is 5.11 Å². The van der Waals surface area contributed by atoms with E-state index < -0.39 is 0 Å². The third-order valence-electron chi connectivity index (χ3n) is 1.80. The number of aliphatic hydroxyl groups excluding tert-OH is 1. The van der Waals surface area contributed by atoms with Crippen LogP contribution in [0.3, 0.4) is 0 Å². The van der Waals surface area contributed by atoms with Gasteiger partial charge in [0.05, 0.1) is 10.9 Å². The molecule has 1 N–H and O–H groups in total. The minimum absolute atomic E-state index is 0.155. The van der Waals surface area contributed by atoms with E-state index in [1.807, 2.05) is 26.0 Å². The Morgan fingerprint density at radius 2 is 1.60 bits per heavy atom. The van der Waals surface area contributed by atoms with Gasteiger partial charge in [-0.1, -0.05) is 25.4 Å². The second-order valence-corrected chi connectivity index (χ2v) is 17.7. The molecule has 0 saturated heterocycles. The summed E-state index contributed by atoms with van der Waals surface area (Å²) < 4.78 is 0.779. The maximum atomic E-state index is 9.02. The topological polar surface area (TPSA) is 20.2 Å². The third kappa shape index (κ3) is 10.6. The first-order chi connectivity index (χ1) is 9.47. The van der Waals surface area contributed by atoms with Gasteiger partial charge in [0.2, 0.25) is 0 Å². The van der Waals surface area contributed by atoms with Crippen molar-refractivity contribution in [1.82, 2.24) is 0 Å². The second-order valence-electron chi connectivity index (χ2n) is 3.62. The molecule has 20 heavy (non-hydrogen) atoms. The molecule has 0 saturated carbocycles. The summed E-state index contributed by atoms with van der Waals surface area (Å²) in [5.74, 6) is 0. The zero-order valence-corrected chi connectivity index (χ0v) is 19.2. The molecule has 12 heteroatoms. The molecule has 1 nitrogen and oxygen atoms in total. The van der Waals surface area contributed by atoms with E-state index in [2.05, 4.69) is 22.4 Å². The molecular weight excluding hydrogens is 468 g/mol. The minimum Gasteiger partial charge on any atom is -0.395 e. The van der Waals surface area contributed by atoms with Crippen LogP contribution < -0.4 is 0 Å². The van der Waals surface area contributed by atoms with E-state index in [9.17, 15) is 0 Å². The lowest BCUT2D eigenvalue weighted by Gasteiger charge is -2.18. The summed E-state index contributed by atoms with van der Waals surface area (Å²) in [6.07, 6.45) is 0. The van der Waals surface area contributed by atoms with Crippen molar-refractivity contribution in [1.29, 1.82) is 0 Å². The van der Waals surface area contributed by atoms with E-state index in [0.29, 0.717) is 0 Å². The highest BCUT2D eigenvalue weighted by atomic mass is 35.5. The fourth-order valence-electron chi connectivity index (χ4n) is 0.813. The lowest BCUT2D eigenvalue weighted by molar-refractivity contribution is 0.221. The molecule has 0 unspecified atom stereocenters. The summed E-state index contributed by atoms with van der Waals surface area (Å²) >= 11 is 16.6. The molecule has 0 radical (unpaired) electrons. The average Bonchev–Trinajstić information content (AvgIpc) is 2.87. The van der Waals surface area contributed by atoms with Crippen LogP contribution in [0.5, 0.6) is 0 Å². The van der Waals surface area contributed by atoms with Crippen LogP contribution in [0.25, 0.3) is 0 Å².